The Bertz CT molecular complexity index is 811. The van der Waals surface area contributed by atoms with E-state index in [0.717, 1.165) is 18.2 Å². The number of hydrogen-bond acceptors (Lipinski definition) is 4. The minimum Gasteiger partial charge on any atom is -0.336 e. The number of amides is 1. The molecule has 116 valence electrons. The second kappa shape index (κ2) is 5.57. The van der Waals surface area contributed by atoms with Crippen LogP contribution in [-0.2, 0) is 34.1 Å². The van der Waals surface area contributed by atoms with Gasteiger partial charge in [0, 0.05) is 31.7 Å². The van der Waals surface area contributed by atoms with Gasteiger partial charge in [0.1, 0.15) is 6.54 Å². The van der Waals surface area contributed by atoms with Crippen LogP contribution in [0.2, 0.25) is 0 Å². The van der Waals surface area contributed by atoms with E-state index in [1.165, 1.54) is 22.5 Å². The second-order valence-corrected chi connectivity index (χ2v) is 7.35. The number of sulfone groups is 1. The summed E-state index contributed by atoms with van der Waals surface area (Å²) in [5, 5.41) is -0.0711. The summed E-state index contributed by atoms with van der Waals surface area (Å²) in [5.74, 6) is -0.0996. The number of imidazole rings is 1. The molecule has 0 atom stereocenters. The first-order chi connectivity index (χ1) is 10.4. The minimum atomic E-state index is -3.43. The normalized spacial score (nSPS) is 14.7. The Balaban J connectivity index is 1.76. The summed E-state index contributed by atoms with van der Waals surface area (Å²) in [6.07, 6.45) is 4.83. The van der Waals surface area contributed by atoms with Crippen molar-refractivity contribution in [2.75, 3.05) is 12.8 Å². The van der Waals surface area contributed by atoms with Crippen LogP contribution in [0, 0.1) is 0 Å². The molecule has 2 aromatic rings. The maximum atomic E-state index is 12.4. The predicted octanol–water partition coefficient (Wildman–Crippen LogP) is 0.871. The van der Waals surface area contributed by atoms with Crippen molar-refractivity contribution in [2.45, 2.75) is 24.7 Å². The third-order valence-corrected chi connectivity index (χ3v) is 4.80. The maximum absolute atomic E-state index is 12.4. The van der Waals surface area contributed by atoms with E-state index >= 15 is 0 Å². The van der Waals surface area contributed by atoms with Crippen molar-refractivity contribution in [1.82, 2.24) is 14.5 Å². The van der Waals surface area contributed by atoms with Gasteiger partial charge in [-0.05, 0) is 17.5 Å². The van der Waals surface area contributed by atoms with Gasteiger partial charge in [-0.3, -0.25) is 4.79 Å². The summed E-state index contributed by atoms with van der Waals surface area (Å²) in [6, 6.07) is 8.06. The molecule has 0 N–H and O–H groups in total. The molecule has 6 nitrogen and oxygen atoms in total. The molecule has 1 amide bonds. The molecule has 1 aromatic carbocycles. The third-order valence-electron chi connectivity index (χ3n) is 3.80. The number of hydrogen-bond donors (Lipinski definition) is 0. The van der Waals surface area contributed by atoms with Gasteiger partial charge in [0.05, 0.1) is 0 Å². The van der Waals surface area contributed by atoms with Crippen molar-refractivity contribution < 1.29 is 13.2 Å². The van der Waals surface area contributed by atoms with E-state index in [-0.39, 0.29) is 17.6 Å². The van der Waals surface area contributed by atoms with Gasteiger partial charge in [0.15, 0.2) is 0 Å². The van der Waals surface area contributed by atoms with E-state index in [1.807, 2.05) is 18.2 Å². The lowest BCUT2D eigenvalue weighted by Crippen LogP contribution is -2.38. The molecular weight excluding hydrogens is 302 g/mol. The van der Waals surface area contributed by atoms with Crippen molar-refractivity contribution in [3.8, 4) is 0 Å². The van der Waals surface area contributed by atoms with Crippen molar-refractivity contribution >= 4 is 15.7 Å². The van der Waals surface area contributed by atoms with Gasteiger partial charge >= 0.3 is 0 Å². The van der Waals surface area contributed by atoms with Gasteiger partial charge in [0.25, 0.3) is 0 Å². The molecular formula is C15H17N3O3S. The van der Waals surface area contributed by atoms with E-state index in [1.54, 1.807) is 4.90 Å². The molecule has 1 aliphatic heterocycles. The van der Waals surface area contributed by atoms with Crippen LogP contribution in [0.25, 0.3) is 0 Å². The Morgan fingerprint density at radius 2 is 2.00 bits per heavy atom. The van der Waals surface area contributed by atoms with Crippen LogP contribution < -0.4 is 0 Å². The summed E-state index contributed by atoms with van der Waals surface area (Å²) in [6.45, 7) is 1.21. The van der Waals surface area contributed by atoms with Gasteiger partial charge in [-0.1, -0.05) is 24.3 Å². The Morgan fingerprint density at radius 1 is 1.27 bits per heavy atom. The zero-order chi connectivity index (χ0) is 15.7. The number of fused-ring (bicyclic) bond motifs is 1. The van der Waals surface area contributed by atoms with E-state index in [0.29, 0.717) is 13.1 Å². The van der Waals surface area contributed by atoms with Gasteiger partial charge in [-0.15, -0.1) is 0 Å². The van der Waals surface area contributed by atoms with Crippen LogP contribution in [0.4, 0.5) is 0 Å². The van der Waals surface area contributed by atoms with Gasteiger partial charge in [-0.25, -0.2) is 13.4 Å². The lowest BCUT2D eigenvalue weighted by molar-refractivity contribution is -0.132. The van der Waals surface area contributed by atoms with Gasteiger partial charge < -0.3 is 9.47 Å². The van der Waals surface area contributed by atoms with E-state index in [9.17, 15) is 13.2 Å². The van der Waals surface area contributed by atoms with E-state index < -0.39 is 9.84 Å². The maximum Gasteiger partial charge on any atom is 0.242 e. The first-order valence-corrected chi connectivity index (χ1v) is 8.90. The molecule has 1 aromatic heterocycles. The SMILES string of the molecule is CS(=O)(=O)c1nccn1CC(=O)N1CCc2ccccc2C1. The summed E-state index contributed by atoms with van der Waals surface area (Å²) in [4.78, 5) is 18.0. The van der Waals surface area contributed by atoms with Gasteiger partial charge in [-0.2, -0.15) is 0 Å². The standard InChI is InChI=1S/C15H17N3O3S/c1-22(20,21)15-16-7-9-18(15)11-14(19)17-8-6-12-4-2-3-5-13(12)10-17/h2-5,7,9H,6,8,10-11H2,1H3. The fourth-order valence-electron chi connectivity index (χ4n) is 2.70. The molecule has 0 spiro atoms. The largest absolute Gasteiger partial charge is 0.336 e. The predicted molar refractivity (Wildman–Crippen MR) is 80.9 cm³/mol. The average Bonchev–Trinajstić information content (AvgIpc) is 2.95. The lowest BCUT2D eigenvalue weighted by atomic mass is 10.00. The Kier molecular flexibility index (Phi) is 3.74. The van der Waals surface area contributed by atoms with Crippen LogP contribution in [0.3, 0.4) is 0 Å². The Morgan fingerprint density at radius 3 is 2.73 bits per heavy atom. The molecule has 22 heavy (non-hydrogen) atoms. The quantitative estimate of drug-likeness (QED) is 0.841. The van der Waals surface area contributed by atoms with E-state index in [2.05, 4.69) is 11.1 Å². The summed E-state index contributed by atoms with van der Waals surface area (Å²) < 4.78 is 24.6. The van der Waals surface area contributed by atoms with Crippen LogP contribution in [0.5, 0.6) is 0 Å². The summed E-state index contributed by atoms with van der Waals surface area (Å²) in [5.41, 5.74) is 2.42. The number of rotatable bonds is 3. The highest BCUT2D eigenvalue weighted by Crippen LogP contribution is 2.19. The average molecular weight is 319 g/mol. The highest BCUT2D eigenvalue weighted by Gasteiger charge is 2.22. The van der Waals surface area contributed by atoms with Crippen LogP contribution in [-0.4, -0.2) is 41.6 Å². The Labute approximate surface area is 129 Å². The summed E-state index contributed by atoms with van der Waals surface area (Å²) >= 11 is 0. The first-order valence-electron chi connectivity index (χ1n) is 7.01. The minimum absolute atomic E-state index is 0.00935. The van der Waals surface area contributed by atoms with Crippen molar-refractivity contribution in [3.05, 3.63) is 47.8 Å². The van der Waals surface area contributed by atoms with E-state index in [4.69, 9.17) is 0 Å². The third kappa shape index (κ3) is 2.89. The number of benzene rings is 1. The van der Waals surface area contributed by atoms with Crippen LogP contribution >= 0.6 is 0 Å². The first kappa shape index (κ1) is 14.8. The number of carbonyl (C=O) groups excluding carboxylic acids is 1. The number of carbonyl (C=O) groups is 1. The monoisotopic (exact) mass is 319 g/mol. The highest BCUT2D eigenvalue weighted by molar-refractivity contribution is 7.90. The molecule has 3 rings (SSSR count). The molecule has 0 fully saturated rings. The van der Waals surface area contributed by atoms with Crippen molar-refractivity contribution in [1.29, 1.82) is 0 Å². The molecule has 0 bridgehead atoms. The van der Waals surface area contributed by atoms with Crippen LogP contribution in [0.15, 0.2) is 41.8 Å². The molecule has 0 aliphatic carbocycles. The smallest absolute Gasteiger partial charge is 0.242 e. The lowest BCUT2D eigenvalue weighted by Gasteiger charge is -2.29. The molecule has 0 saturated heterocycles. The topological polar surface area (TPSA) is 72.3 Å². The van der Waals surface area contributed by atoms with Crippen LogP contribution in [0.1, 0.15) is 11.1 Å². The van der Waals surface area contributed by atoms with Gasteiger partial charge in [0.2, 0.25) is 20.9 Å². The highest BCUT2D eigenvalue weighted by atomic mass is 32.2. The molecule has 1 aliphatic rings. The number of aromatic nitrogens is 2. The fourth-order valence-corrected chi connectivity index (χ4v) is 3.50. The molecule has 0 radical (unpaired) electrons. The summed E-state index contributed by atoms with van der Waals surface area (Å²) in [7, 11) is -3.43. The zero-order valence-electron chi connectivity index (χ0n) is 12.3. The molecule has 0 saturated carbocycles. The molecule has 2 heterocycles. The fraction of sp³-hybridized carbons (Fsp3) is 0.333. The molecule has 0 unspecified atom stereocenters. The van der Waals surface area contributed by atoms with Crippen molar-refractivity contribution in [3.63, 3.8) is 0 Å². The Hall–Kier alpha value is -2.15. The van der Waals surface area contributed by atoms with Crippen molar-refractivity contribution in [2.24, 2.45) is 0 Å². The molecule has 7 heteroatoms. The zero-order valence-corrected chi connectivity index (χ0v) is 13.1. The second-order valence-electron chi connectivity index (χ2n) is 5.44. The number of nitrogens with zero attached hydrogens (tertiary/aromatic N) is 3.